The third-order valence-electron chi connectivity index (χ3n) is 2.36. The van der Waals surface area contributed by atoms with E-state index in [1.54, 1.807) is 11.4 Å². The van der Waals surface area contributed by atoms with Crippen molar-refractivity contribution < 1.29 is 13.6 Å². The first kappa shape index (κ1) is 14.0. The zero-order chi connectivity index (χ0) is 13.8. The van der Waals surface area contributed by atoms with Crippen LogP contribution in [0.5, 0.6) is 0 Å². The molecule has 0 radical (unpaired) electrons. The third kappa shape index (κ3) is 3.31. The van der Waals surface area contributed by atoms with E-state index in [0.717, 1.165) is 11.6 Å². The van der Waals surface area contributed by atoms with Crippen LogP contribution in [0.15, 0.2) is 34.5 Å². The number of hydrogen-bond donors (Lipinski definition) is 2. The fourth-order valence-electron chi connectivity index (χ4n) is 1.46. The summed E-state index contributed by atoms with van der Waals surface area (Å²) in [6.45, 7) is 0. The average molecular weight is 300 g/mol. The smallest absolute Gasteiger partial charge is 0.275 e. The lowest BCUT2D eigenvalue weighted by Gasteiger charge is -2.04. The number of halogens is 2. The molecule has 0 aliphatic heterocycles. The molecule has 100 valence electrons. The molecule has 0 aliphatic rings. The molecule has 0 atom stereocenters. The van der Waals surface area contributed by atoms with Gasteiger partial charge in [0, 0.05) is 16.7 Å². The number of hydrogen-bond acceptors (Lipinski definition) is 4. The van der Waals surface area contributed by atoms with Gasteiger partial charge in [-0.3, -0.25) is 10.2 Å². The third-order valence-corrected chi connectivity index (χ3v) is 4.41. The number of carbonyl (C=O) groups is 1. The second-order valence-electron chi connectivity index (χ2n) is 3.61. The molecule has 3 N–H and O–H groups in total. The molecule has 2 aromatic rings. The lowest BCUT2D eigenvalue weighted by molar-refractivity contribution is 0.0957. The van der Waals surface area contributed by atoms with Gasteiger partial charge in [0.05, 0.1) is 4.88 Å². The van der Waals surface area contributed by atoms with E-state index in [0.29, 0.717) is 15.5 Å². The van der Waals surface area contributed by atoms with Crippen molar-refractivity contribution in [2.45, 2.75) is 10.6 Å². The lowest BCUT2D eigenvalue weighted by atomic mass is 10.3. The van der Waals surface area contributed by atoms with Crippen LogP contribution in [0.25, 0.3) is 0 Å². The largest absolute Gasteiger partial charge is 0.289 e. The maximum atomic E-state index is 13.4. The Hall–Kier alpha value is -1.44. The quantitative estimate of drug-likeness (QED) is 0.395. The normalized spacial score (nSPS) is 10.5. The molecule has 0 spiro atoms. The van der Waals surface area contributed by atoms with Crippen molar-refractivity contribution in [3.8, 4) is 0 Å². The van der Waals surface area contributed by atoms with Crippen molar-refractivity contribution in [1.29, 1.82) is 0 Å². The molecule has 0 saturated carbocycles. The zero-order valence-corrected chi connectivity index (χ0v) is 11.3. The van der Waals surface area contributed by atoms with Gasteiger partial charge in [0.25, 0.3) is 5.91 Å². The summed E-state index contributed by atoms with van der Waals surface area (Å²) < 4.78 is 26.2. The van der Waals surface area contributed by atoms with Crippen LogP contribution in [0.3, 0.4) is 0 Å². The Morgan fingerprint density at radius 1 is 1.37 bits per heavy atom. The van der Waals surface area contributed by atoms with Crippen molar-refractivity contribution in [2.24, 2.45) is 5.84 Å². The Kier molecular flexibility index (Phi) is 4.52. The molecule has 1 aromatic heterocycles. The SMILES string of the molecule is NNC(=O)c1sccc1CSc1ccc(F)cc1F. The summed E-state index contributed by atoms with van der Waals surface area (Å²) in [5, 5.41) is 1.77. The molecule has 1 heterocycles. The van der Waals surface area contributed by atoms with Crippen LogP contribution in [0.4, 0.5) is 8.78 Å². The standard InChI is InChI=1S/C12H10F2N2OS2/c13-8-1-2-10(9(14)5-8)19-6-7-3-4-18-11(7)12(17)16-15/h1-5H,6,15H2,(H,16,17). The van der Waals surface area contributed by atoms with Crippen molar-refractivity contribution >= 4 is 29.0 Å². The highest BCUT2D eigenvalue weighted by molar-refractivity contribution is 7.98. The molecular formula is C12H10F2N2OS2. The summed E-state index contributed by atoms with van der Waals surface area (Å²) in [7, 11) is 0. The van der Waals surface area contributed by atoms with Gasteiger partial charge in [0.1, 0.15) is 11.6 Å². The number of thiophene rings is 1. The van der Waals surface area contributed by atoms with E-state index in [9.17, 15) is 13.6 Å². The average Bonchev–Trinajstić information content (AvgIpc) is 2.85. The Balaban J connectivity index is 2.10. The maximum Gasteiger partial charge on any atom is 0.275 e. The minimum Gasteiger partial charge on any atom is -0.289 e. The molecule has 0 bridgehead atoms. The monoisotopic (exact) mass is 300 g/mol. The second-order valence-corrected chi connectivity index (χ2v) is 5.55. The Morgan fingerprint density at radius 2 is 2.16 bits per heavy atom. The molecule has 0 fully saturated rings. The van der Waals surface area contributed by atoms with Gasteiger partial charge in [-0.15, -0.1) is 23.1 Å². The van der Waals surface area contributed by atoms with Gasteiger partial charge in [-0.2, -0.15) is 0 Å². The van der Waals surface area contributed by atoms with Gasteiger partial charge in [0.2, 0.25) is 0 Å². The van der Waals surface area contributed by atoms with Crippen molar-refractivity contribution in [3.63, 3.8) is 0 Å². The van der Waals surface area contributed by atoms with E-state index >= 15 is 0 Å². The number of thioether (sulfide) groups is 1. The van der Waals surface area contributed by atoms with E-state index in [1.165, 1.54) is 35.2 Å². The van der Waals surface area contributed by atoms with Crippen LogP contribution in [0.2, 0.25) is 0 Å². The summed E-state index contributed by atoms with van der Waals surface area (Å²) in [5.41, 5.74) is 2.83. The van der Waals surface area contributed by atoms with Gasteiger partial charge in [-0.1, -0.05) is 0 Å². The summed E-state index contributed by atoms with van der Waals surface area (Å²) in [5.74, 6) is 3.90. The Morgan fingerprint density at radius 3 is 2.84 bits per heavy atom. The number of nitrogens with two attached hydrogens (primary N) is 1. The molecule has 1 amide bonds. The van der Waals surface area contributed by atoms with Crippen LogP contribution in [0.1, 0.15) is 15.2 Å². The summed E-state index contributed by atoms with van der Waals surface area (Å²) >= 11 is 2.46. The van der Waals surface area contributed by atoms with E-state index in [1.807, 2.05) is 0 Å². The van der Waals surface area contributed by atoms with Gasteiger partial charge >= 0.3 is 0 Å². The minimum absolute atomic E-state index is 0.340. The zero-order valence-electron chi connectivity index (χ0n) is 9.65. The van der Waals surface area contributed by atoms with Crippen molar-refractivity contribution in [1.82, 2.24) is 5.43 Å². The maximum absolute atomic E-state index is 13.4. The number of amides is 1. The van der Waals surface area contributed by atoms with Crippen molar-refractivity contribution in [2.75, 3.05) is 0 Å². The fraction of sp³-hybridized carbons (Fsp3) is 0.0833. The molecule has 0 unspecified atom stereocenters. The van der Waals surface area contributed by atoms with Crippen molar-refractivity contribution in [3.05, 3.63) is 51.7 Å². The van der Waals surface area contributed by atoms with E-state index in [-0.39, 0.29) is 5.91 Å². The highest BCUT2D eigenvalue weighted by Crippen LogP contribution is 2.29. The number of nitrogen functional groups attached to an aromatic ring is 1. The molecule has 7 heteroatoms. The topological polar surface area (TPSA) is 55.1 Å². The summed E-state index contributed by atoms with van der Waals surface area (Å²) in [6, 6.07) is 5.20. The van der Waals surface area contributed by atoms with Gasteiger partial charge in [0.15, 0.2) is 0 Å². The predicted molar refractivity (Wildman–Crippen MR) is 71.9 cm³/mol. The van der Waals surface area contributed by atoms with Crippen LogP contribution >= 0.6 is 23.1 Å². The number of rotatable bonds is 4. The molecule has 1 aromatic carbocycles. The Bertz CT molecular complexity index is 601. The van der Waals surface area contributed by atoms with E-state index in [4.69, 9.17) is 5.84 Å². The van der Waals surface area contributed by atoms with Gasteiger partial charge in [-0.05, 0) is 29.1 Å². The molecular weight excluding hydrogens is 290 g/mol. The lowest BCUT2D eigenvalue weighted by Crippen LogP contribution is -2.29. The molecule has 19 heavy (non-hydrogen) atoms. The summed E-state index contributed by atoms with van der Waals surface area (Å²) in [6.07, 6.45) is 0. The number of benzene rings is 1. The number of hydrazine groups is 1. The first-order valence-electron chi connectivity index (χ1n) is 5.27. The van der Waals surface area contributed by atoms with Crippen LogP contribution in [-0.2, 0) is 5.75 Å². The van der Waals surface area contributed by atoms with Gasteiger partial charge < -0.3 is 0 Å². The first-order chi connectivity index (χ1) is 9.11. The highest BCUT2D eigenvalue weighted by Gasteiger charge is 2.13. The van der Waals surface area contributed by atoms with Gasteiger partial charge in [-0.25, -0.2) is 14.6 Å². The predicted octanol–water partition coefficient (Wildman–Crippen LogP) is 2.92. The summed E-state index contributed by atoms with van der Waals surface area (Å²) in [4.78, 5) is 12.3. The number of carbonyl (C=O) groups excluding carboxylic acids is 1. The molecule has 3 nitrogen and oxygen atoms in total. The first-order valence-corrected chi connectivity index (χ1v) is 7.13. The second kappa shape index (κ2) is 6.14. The highest BCUT2D eigenvalue weighted by atomic mass is 32.2. The Labute approximate surface area is 116 Å². The molecule has 2 rings (SSSR count). The van der Waals surface area contributed by atoms with Crippen LogP contribution < -0.4 is 11.3 Å². The number of nitrogens with one attached hydrogen (secondary N) is 1. The van der Waals surface area contributed by atoms with Crippen LogP contribution in [0, 0.1) is 11.6 Å². The minimum atomic E-state index is -0.611. The molecule has 0 aliphatic carbocycles. The van der Waals surface area contributed by atoms with Crippen LogP contribution in [-0.4, -0.2) is 5.91 Å². The molecule has 0 saturated heterocycles. The van der Waals surface area contributed by atoms with E-state index < -0.39 is 11.6 Å². The van der Waals surface area contributed by atoms with E-state index in [2.05, 4.69) is 5.43 Å². The fourth-order valence-corrected chi connectivity index (χ4v) is 3.29.